The first-order valence-electron chi connectivity index (χ1n) is 8.97. The van der Waals surface area contributed by atoms with Crippen LogP contribution in [0.1, 0.15) is 33.1 Å². The summed E-state index contributed by atoms with van der Waals surface area (Å²) >= 11 is 0. The third-order valence-corrected chi connectivity index (χ3v) is 5.51. The Morgan fingerprint density at radius 2 is 1.81 bits per heavy atom. The topological polar surface area (TPSA) is 87.7 Å². The van der Waals surface area contributed by atoms with E-state index in [1.54, 1.807) is 24.3 Å². The van der Waals surface area contributed by atoms with E-state index in [0.717, 1.165) is 24.9 Å². The standard InChI is InChI=1S/C18H31N3O4S/c1-5-7-12-25-18(22)19-13-15(6-2)14-20-26(23,24)17-10-8-16(9-11-17)21(3)4/h8-11,15,20H,5-7,12-14H2,1-4H3,(H,19,22). The zero-order valence-electron chi connectivity index (χ0n) is 16.1. The molecule has 0 spiro atoms. The van der Waals surface area contributed by atoms with Crippen LogP contribution in [0.4, 0.5) is 10.5 Å². The Bertz CT molecular complexity index is 645. The monoisotopic (exact) mass is 385 g/mol. The summed E-state index contributed by atoms with van der Waals surface area (Å²) in [5, 5.41) is 2.69. The maximum atomic E-state index is 12.4. The average Bonchev–Trinajstić information content (AvgIpc) is 2.62. The second kappa shape index (κ2) is 11.0. The van der Waals surface area contributed by atoms with E-state index in [2.05, 4.69) is 10.0 Å². The van der Waals surface area contributed by atoms with Crippen LogP contribution in [0.25, 0.3) is 0 Å². The molecular formula is C18H31N3O4S. The molecule has 1 aromatic rings. The molecule has 8 heteroatoms. The highest BCUT2D eigenvalue weighted by Gasteiger charge is 2.17. The molecule has 0 aliphatic rings. The molecule has 0 saturated heterocycles. The van der Waals surface area contributed by atoms with E-state index in [0.29, 0.717) is 13.2 Å². The fraction of sp³-hybridized carbons (Fsp3) is 0.611. The second-order valence-corrected chi connectivity index (χ2v) is 8.15. The van der Waals surface area contributed by atoms with Gasteiger partial charge in [0.2, 0.25) is 10.0 Å². The number of alkyl carbamates (subject to hydrolysis) is 1. The summed E-state index contributed by atoms with van der Waals surface area (Å²) in [6.07, 6.45) is 2.07. The predicted molar refractivity (Wildman–Crippen MR) is 104 cm³/mol. The molecule has 1 atom stereocenters. The molecule has 0 aliphatic heterocycles. The van der Waals surface area contributed by atoms with Crippen LogP contribution < -0.4 is 14.9 Å². The first kappa shape index (κ1) is 22.2. The van der Waals surface area contributed by atoms with Crippen molar-refractivity contribution in [3.8, 4) is 0 Å². The van der Waals surface area contributed by atoms with Gasteiger partial charge < -0.3 is 15.0 Å². The third kappa shape index (κ3) is 7.61. The van der Waals surface area contributed by atoms with Crippen LogP contribution in [0.15, 0.2) is 29.2 Å². The van der Waals surface area contributed by atoms with Crippen LogP contribution in [0.2, 0.25) is 0 Å². The zero-order chi connectivity index (χ0) is 19.6. The van der Waals surface area contributed by atoms with Gasteiger partial charge in [-0.15, -0.1) is 0 Å². The quantitative estimate of drug-likeness (QED) is 0.572. The number of carbonyl (C=O) groups is 1. The fourth-order valence-corrected chi connectivity index (χ4v) is 3.30. The number of nitrogens with one attached hydrogen (secondary N) is 2. The van der Waals surface area contributed by atoms with Gasteiger partial charge in [-0.3, -0.25) is 0 Å². The number of hydrogen-bond donors (Lipinski definition) is 2. The molecule has 148 valence electrons. The number of anilines is 1. The van der Waals surface area contributed by atoms with Crippen molar-refractivity contribution in [3.05, 3.63) is 24.3 Å². The summed E-state index contributed by atoms with van der Waals surface area (Å²) in [4.78, 5) is 13.7. The molecule has 0 aliphatic carbocycles. The summed E-state index contributed by atoms with van der Waals surface area (Å²) < 4.78 is 32.5. The molecule has 1 aromatic carbocycles. The lowest BCUT2D eigenvalue weighted by molar-refractivity contribution is 0.143. The molecule has 0 saturated carbocycles. The minimum Gasteiger partial charge on any atom is -0.450 e. The molecule has 0 aromatic heterocycles. The van der Waals surface area contributed by atoms with Crippen molar-refractivity contribution < 1.29 is 17.9 Å². The van der Waals surface area contributed by atoms with Gasteiger partial charge in [0, 0.05) is 32.9 Å². The first-order chi connectivity index (χ1) is 12.3. The van der Waals surface area contributed by atoms with Crippen molar-refractivity contribution in [3.63, 3.8) is 0 Å². The molecule has 2 N–H and O–H groups in total. The molecule has 1 rings (SSSR count). The molecular weight excluding hydrogens is 354 g/mol. The van der Waals surface area contributed by atoms with E-state index >= 15 is 0 Å². The molecule has 1 amide bonds. The Morgan fingerprint density at radius 1 is 1.15 bits per heavy atom. The number of nitrogens with zero attached hydrogens (tertiary/aromatic N) is 1. The van der Waals surface area contributed by atoms with Crippen molar-refractivity contribution in [1.82, 2.24) is 10.0 Å². The van der Waals surface area contributed by atoms with Crippen LogP contribution in [0.5, 0.6) is 0 Å². The molecule has 0 bridgehead atoms. The van der Waals surface area contributed by atoms with Crippen LogP contribution in [0, 0.1) is 5.92 Å². The number of unbranched alkanes of at least 4 members (excludes halogenated alkanes) is 1. The summed E-state index contributed by atoms with van der Waals surface area (Å²) in [6.45, 7) is 4.99. The highest BCUT2D eigenvalue weighted by molar-refractivity contribution is 7.89. The summed E-state index contributed by atoms with van der Waals surface area (Å²) in [5.41, 5.74) is 0.932. The summed E-state index contributed by atoms with van der Waals surface area (Å²) in [5.74, 6) is -0.00968. The molecule has 0 radical (unpaired) electrons. The molecule has 26 heavy (non-hydrogen) atoms. The lowest BCUT2D eigenvalue weighted by Gasteiger charge is -2.17. The third-order valence-electron chi connectivity index (χ3n) is 4.07. The summed E-state index contributed by atoms with van der Waals surface area (Å²) in [7, 11) is 0.217. The predicted octanol–water partition coefficient (Wildman–Crippen LogP) is 2.58. The lowest BCUT2D eigenvalue weighted by atomic mass is 10.1. The van der Waals surface area contributed by atoms with E-state index in [1.807, 2.05) is 32.8 Å². The van der Waals surface area contributed by atoms with E-state index < -0.39 is 16.1 Å². The fourth-order valence-electron chi connectivity index (χ4n) is 2.18. The Kier molecular flexibility index (Phi) is 9.43. The van der Waals surface area contributed by atoms with Crippen LogP contribution >= 0.6 is 0 Å². The van der Waals surface area contributed by atoms with Crippen molar-refractivity contribution in [2.45, 2.75) is 38.0 Å². The van der Waals surface area contributed by atoms with Gasteiger partial charge in [-0.1, -0.05) is 26.7 Å². The van der Waals surface area contributed by atoms with E-state index in [-0.39, 0.29) is 17.4 Å². The van der Waals surface area contributed by atoms with Gasteiger partial charge >= 0.3 is 6.09 Å². The number of carbonyl (C=O) groups excluding carboxylic acids is 1. The highest BCUT2D eigenvalue weighted by Crippen LogP contribution is 2.16. The normalized spacial score (nSPS) is 12.5. The van der Waals surface area contributed by atoms with E-state index in [4.69, 9.17) is 4.74 Å². The number of hydrogen-bond acceptors (Lipinski definition) is 5. The average molecular weight is 386 g/mol. The number of ether oxygens (including phenoxy) is 1. The Balaban J connectivity index is 2.51. The SMILES string of the molecule is CCCCOC(=O)NCC(CC)CNS(=O)(=O)c1ccc(N(C)C)cc1. The van der Waals surface area contributed by atoms with Crippen molar-refractivity contribution in [2.24, 2.45) is 5.92 Å². The van der Waals surface area contributed by atoms with Crippen molar-refractivity contribution >= 4 is 21.8 Å². The Labute approximate surface area is 157 Å². The minimum absolute atomic E-state index is 0.00968. The number of amides is 1. The van der Waals surface area contributed by atoms with Gasteiger partial charge in [-0.2, -0.15) is 0 Å². The second-order valence-electron chi connectivity index (χ2n) is 6.38. The zero-order valence-corrected chi connectivity index (χ0v) is 16.9. The maximum Gasteiger partial charge on any atom is 0.407 e. The van der Waals surface area contributed by atoms with Gasteiger partial charge in [0.1, 0.15) is 0 Å². The van der Waals surface area contributed by atoms with Gasteiger partial charge in [-0.25, -0.2) is 17.9 Å². The molecule has 0 heterocycles. The van der Waals surface area contributed by atoms with Gasteiger partial charge in [0.25, 0.3) is 0 Å². The lowest BCUT2D eigenvalue weighted by Crippen LogP contribution is -2.36. The van der Waals surface area contributed by atoms with Gasteiger partial charge in [0.15, 0.2) is 0 Å². The van der Waals surface area contributed by atoms with E-state index in [9.17, 15) is 13.2 Å². The number of rotatable bonds is 11. The smallest absolute Gasteiger partial charge is 0.407 e. The molecule has 7 nitrogen and oxygen atoms in total. The number of benzene rings is 1. The molecule has 0 fully saturated rings. The number of sulfonamides is 1. The van der Waals surface area contributed by atoms with Crippen LogP contribution in [0.3, 0.4) is 0 Å². The van der Waals surface area contributed by atoms with Gasteiger partial charge in [0.05, 0.1) is 11.5 Å². The largest absolute Gasteiger partial charge is 0.450 e. The van der Waals surface area contributed by atoms with Gasteiger partial charge in [-0.05, 0) is 36.6 Å². The maximum absolute atomic E-state index is 12.4. The van der Waals surface area contributed by atoms with Crippen molar-refractivity contribution in [1.29, 1.82) is 0 Å². The van der Waals surface area contributed by atoms with Crippen LogP contribution in [-0.4, -0.2) is 48.3 Å². The Morgan fingerprint density at radius 3 is 2.35 bits per heavy atom. The van der Waals surface area contributed by atoms with Crippen molar-refractivity contribution in [2.75, 3.05) is 38.7 Å². The summed E-state index contributed by atoms with van der Waals surface area (Å²) in [6, 6.07) is 6.70. The van der Waals surface area contributed by atoms with Crippen LogP contribution in [-0.2, 0) is 14.8 Å². The highest BCUT2D eigenvalue weighted by atomic mass is 32.2. The minimum atomic E-state index is -3.58. The first-order valence-corrected chi connectivity index (χ1v) is 10.5. The Hall–Kier alpha value is -1.80. The molecule has 1 unspecified atom stereocenters. The van der Waals surface area contributed by atoms with E-state index in [1.165, 1.54) is 0 Å².